The maximum Gasteiger partial charge on any atom is 0.358 e. The molecule has 1 aromatic heterocycles. The number of hydrogen-bond donors (Lipinski definition) is 1. The van der Waals surface area contributed by atoms with Gasteiger partial charge >= 0.3 is 5.97 Å². The number of aryl methyl sites for hydroxylation is 1. The van der Waals surface area contributed by atoms with Crippen LogP contribution in [0.3, 0.4) is 0 Å². The number of carbonyl (C=O) groups is 1. The van der Waals surface area contributed by atoms with Crippen LogP contribution in [0, 0.1) is 6.92 Å². The van der Waals surface area contributed by atoms with E-state index in [1.54, 1.807) is 0 Å². The van der Waals surface area contributed by atoms with Crippen LogP contribution in [0.4, 0.5) is 0 Å². The summed E-state index contributed by atoms with van der Waals surface area (Å²) in [7, 11) is 0. The van der Waals surface area contributed by atoms with Crippen LogP contribution in [0.25, 0.3) is 11.3 Å². The summed E-state index contributed by atoms with van der Waals surface area (Å²) in [6.45, 7) is 2.11. The van der Waals surface area contributed by atoms with Crippen LogP contribution >= 0.6 is 0 Å². The molecule has 5 nitrogen and oxygen atoms in total. The molecule has 0 fully saturated rings. The van der Waals surface area contributed by atoms with E-state index in [1.807, 2.05) is 25.1 Å². The molecule has 5 heteroatoms. The summed E-state index contributed by atoms with van der Waals surface area (Å²) in [5.74, 6) is 0.121. The van der Waals surface area contributed by atoms with Crippen molar-refractivity contribution in [3.05, 3.63) is 35.0 Å². The predicted molar refractivity (Wildman–Crippen MR) is 58.0 cm³/mol. The molecule has 0 amide bonds. The lowest BCUT2D eigenvalue weighted by atomic mass is 10.0. The second kappa shape index (κ2) is 3.35. The van der Waals surface area contributed by atoms with Gasteiger partial charge in [-0.1, -0.05) is 17.3 Å². The molecule has 1 aliphatic rings. The van der Waals surface area contributed by atoms with E-state index < -0.39 is 5.97 Å². The lowest BCUT2D eigenvalue weighted by Crippen LogP contribution is -2.09. The van der Waals surface area contributed by atoms with Gasteiger partial charge in [-0.2, -0.15) is 0 Å². The van der Waals surface area contributed by atoms with E-state index in [9.17, 15) is 4.79 Å². The minimum Gasteiger partial charge on any atom is -0.488 e. The van der Waals surface area contributed by atoms with Gasteiger partial charge in [-0.25, -0.2) is 4.79 Å². The molecule has 0 unspecified atom stereocenters. The lowest BCUT2D eigenvalue weighted by Gasteiger charge is -2.17. The van der Waals surface area contributed by atoms with Crippen LogP contribution in [0.5, 0.6) is 5.75 Å². The summed E-state index contributed by atoms with van der Waals surface area (Å²) in [5, 5.41) is 12.5. The Morgan fingerprint density at radius 2 is 2.29 bits per heavy atom. The standard InChI is InChI=1S/C12H9NO4/c1-6-3-2-4-7-10(6)16-5-8-9(12(14)15)13-17-11(7)8/h2-4H,5H2,1H3,(H,14,15). The number of fused-ring (bicyclic) bond motifs is 3. The molecule has 2 heterocycles. The topological polar surface area (TPSA) is 72.6 Å². The minimum atomic E-state index is -1.10. The first-order valence-corrected chi connectivity index (χ1v) is 5.13. The number of nitrogens with zero attached hydrogens (tertiary/aromatic N) is 1. The fourth-order valence-electron chi connectivity index (χ4n) is 1.99. The third-order valence-corrected chi connectivity index (χ3v) is 2.81. The highest BCUT2D eigenvalue weighted by molar-refractivity contribution is 5.90. The zero-order valence-electron chi connectivity index (χ0n) is 9.06. The number of aromatic carboxylic acids is 1. The van der Waals surface area contributed by atoms with Gasteiger partial charge in [0.2, 0.25) is 0 Å². The van der Waals surface area contributed by atoms with Crippen LogP contribution in [0.15, 0.2) is 22.7 Å². The molecule has 86 valence electrons. The van der Waals surface area contributed by atoms with Crippen LogP contribution < -0.4 is 4.74 Å². The second-order valence-electron chi connectivity index (χ2n) is 3.88. The van der Waals surface area contributed by atoms with Crippen molar-refractivity contribution in [2.45, 2.75) is 13.5 Å². The Hall–Kier alpha value is -2.30. The molecule has 0 aliphatic carbocycles. The van der Waals surface area contributed by atoms with Crippen molar-refractivity contribution >= 4 is 5.97 Å². The fourth-order valence-corrected chi connectivity index (χ4v) is 1.99. The van der Waals surface area contributed by atoms with E-state index in [1.165, 1.54) is 0 Å². The number of para-hydroxylation sites is 1. The third-order valence-electron chi connectivity index (χ3n) is 2.81. The van der Waals surface area contributed by atoms with Crippen molar-refractivity contribution in [3.8, 4) is 17.1 Å². The first kappa shape index (κ1) is 9.89. The van der Waals surface area contributed by atoms with Gasteiger partial charge in [-0.3, -0.25) is 0 Å². The van der Waals surface area contributed by atoms with Crippen molar-refractivity contribution in [1.82, 2.24) is 5.16 Å². The summed E-state index contributed by atoms with van der Waals surface area (Å²) in [4.78, 5) is 10.9. The van der Waals surface area contributed by atoms with Crippen LogP contribution in [-0.4, -0.2) is 16.2 Å². The van der Waals surface area contributed by atoms with Gasteiger partial charge in [0.25, 0.3) is 0 Å². The Balaban J connectivity index is 2.25. The van der Waals surface area contributed by atoms with Gasteiger partial charge in [0, 0.05) is 0 Å². The quantitative estimate of drug-likeness (QED) is 0.814. The van der Waals surface area contributed by atoms with E-state index in [2.05, 4.69) is 5.16 Å². The Bertz CT molecular complexity index is 615. The van der Waals surface area contributed by atoms with Crippen LogP contribution in [0.2, 0.25) is 0 Å². The van der Waals surface area contributed by atoms with Crippen molar-refractivity contribution in [2.24, 2.45) is 0 Å². The monoisotopic (exact) mass is 231 g/mol. The van der Waals surface area contributed by atoms with E-state index >= 15 is 0 Å². The molecule has 3 rings (SSSR count). The SMILES string of the molecule is Cc1cccc2c1OCc1c(C(=O)O)noc1-2. The molecule has 0 saturated carbocycles. The number of ether oxygens (including phenoxy) is 1. The van der Waals surface area contributed by atoms with Crippen LogP contribution in [0.1, 0.15) is 21.6 Å². The molecule has 17 heavy (non-hydrogen) atoms. The molecule has 0 saturated heterocycles. The third kappa shape index (κ3) is 1.32. The fraction of sp³-hybridized carbons (Fsp3) is 0.167. The highest BCUT2D eigenvalue weighted by atomic mass is 16.5. The van der Waals surface area contributed by atoms with Gasteiger partial charge in [-0.05, 0) is 18.6 Å². The molecule has 2 aromatic rings. The molecule has 1 aromatic carbocycles. The molecular formula is C12H9NO4. The van der Waals surface area contributed by atoms with Crippen molar-refractivity contribution < 1.29 is 19.2 Å². The van der Waals surface area contributed by atoms with Crippen molar-refractivity contribution in [1.29, 1.82) is 0 Å². The number of carboxylic acids is 1. The molecule has 0 bridgehead atoms. The van der Waals surface area contributed by atoms with E-state index in [0.717, 1.165) is 16.9 Å². The normalized spacial score (nSPS) is 12.5. The number of carboxylic acid groups (broad SMARTS) is 1. The zero-order chi connectivity index (χ0) is 12.0. The summed E-state index contributed by atoms with van der Waals surface area (Å²) >= 11 is 0. The molecular weight excluding hydrogens is 222 g/mol. The van der Waals surface area contributed by atoms with Gasteiger partial charge in [-0.15, -0.1) is 0 Å². The average molecular weight is 231 g/mol. The largest absolute Gasteiger partial charge is 0.488 e. The summed E-state index contributed by atoms with van der Waals surface area (Å²) in [5.41, 5.74) is 2.16. The van der Waals surface area contributed by atoms with Gasteiger partial charge in [0.05, 0.1) is 11.1 Å². The first-order chi connectivity index (χ1) is 8.18. The second-order valence-corrected chi connectivity index (χ2v) is 3.88. The van der Waals surface area contributed by atoms with Crippen molar-refractivity contribution in [2.75, 3.05) is 0 Å². The highest BCUT2D eigenvalue weighted by Crippen LogP contribution is 2.40. The summed E-state index contributed by atoms with van der Waals surface area (Å²) in [6.07, 6.45) is 0. The van der Waals surface area contributed by atoms with E-state index in [0.29, 0.717) is 11.3 Å². The molecule has 1 N–H and O–H groups in total. The van der Waals surface area contributed by atoms with Crippen LogP contribution in [-0.2, 0) is 6.61 Å². The molecule has 1 aliphatic heterocycles. The van der Waals surface area contributed by atoms with Crippen molar-refractivity contribution in [3.63, 3.8) is 0 Å². The zero-order valence-corrected chi connectivity index (χ0v) is 9.06. The number of rotatable bonds is 1. The summed E-state index contributed by atoms with van der Waals surface area (Å²) < 4.78 is 10.7. The average Bonchev–Trinajstić information content (AvgIpc) is 2.73. The van der Waals surface area contributed by atoms with Gasteiger partial charge in [0.15, 0.2) is 11.5 Å². The highest BCUT2D eigenvalue weighted by Gasteiger charge is 2.29. The molecule has 0 spiro atoms. The number of hydrogen-bond acceptors (Lipinski definition) is 4. The Morgan fingerprint density at radius 3 is 3.06 bits per heavy atom. The Kier molecular flexibility index (Phi) is 1.95. The maximum atomic E-state index is 10.9. The smallest absolute Gasteiger partial charge is 0.358 e. The minimum absolute atomic E-state index is 0.0767. The predicted octanol–water partition coefficient (Wildman–Crippen LogP) is 2.24. The lowest BCUT2D eigenvalue weighted by molar-refractivity contribution is 0.0683. The first-order valence-electron chi connectivity index (χ1n) is 5.13. The Morgan fingerprint density at radius 1 is 1.47 bits per heavy atom. The maximum absolute atomic E-state index is 10.9. The summed E-state index contributed by atoms with van der Waals surface area (Å²) in [6, 6.07) is 5.63. The number of aromatic nitrogens is 1. The van der Waals surface area contributed by atoms with Gasteiger partial charge in [0.1, 0.15) is 12.4 Å². The Labute approximate surface area is 96.6 Å². The molecule has 0 radical (unpaired) electrons. The van der Waals surface area contributed by atoms with E-state index in [4.69, 9.17) is 14.4 Å². The number of benzene rings is 1. The van der Waals surface area contributed by atoms with Gasteiger partial charge < -0.3 is 14.4 Å². The molecule has 0 atom stereocenters. The van der Waals surface area contributed by atoms with E-state index in [-0.39, 0.29) is 12.3 Å².